The SMILES string of the molecule is O=C(NC[C@H](c1ccccc1)N1CCCCC1)c1cc(=O)c2ccc(Br)cc2o1. The Bertz CT molecular complexity index is 1060. The molecule has 3 aromatic rings. The lowest BCUT2D eigenvalue weighted by Crippen LogP contribution is -2.40. The van der Waals surface area contributed by atoms with Gasteiger partial charge in [-0.1, -0.05) is 52.7 Å². The highest BCUT2D eigenvalue weighted by molar-refractivity contribution is 9.10. The fourth-order valence-electron chi connectivity index (χ4n) is 3.88. The number of likely N-dealkylation sites (tertiary alicyclic amines) is 1. The van der Waals surface area contributed by atoms with Gasteiger partial charge in [-0.25, -0.2) is 0 Å². The summed E-state index contributed by atoms with van der Waals surface area (Å²) in [6.07, 6.45) is 3.60. The first-order valence-electron chi connectivity index (χ1n) is 9.92. The zero-order valence-electron chi connectivity index (χ0n) is 16.1. The van der Waals surface area contributed by atoms with Crippen molar-refractivity contribution in [2.75, 3.05) is 19.6 Å². The molecule has 2 heterocycles. The molecule has 6 heteroatoms. The second-order valence-corrected chi connectivity index (χ2v) is 8.26. The number of hydrogen-bond donors (Lipinski definition) is 1. The lowest BCUT2D eigenvalue weighted by atomic mass is 10.0. The van der Waals surface area contributed by atoms with Crippen molar-refractivity contribution in [3.8, 4) is 0 Å². The second kappa shape index (κ2) is 8.93. The van der Waals surface area contributed by atoms with Crippen LogP contribution in [0.4, 0.5) is 0 Å². The minimum absolute atomic E-state index is 0.0334. The van der Waals surface area contributed by atoms with Crippen molar-refractivity contribution < 1.29 is 9.21 Å². The maximum absolute atomic E-state index is 12.8. The first kappa shape index (κ1) is 19.9. The summed E-state index contributed by atoms with van der Waals surface area (Å²) >= 11 is 3.37. The summed E-state index contributed by atoms with van der Waals surface area (Å²) in [5, 5.41) is 3.43. The van der Waals surface area contributed by atoms with E-state index in [1.807, 2.05) is 18.2 Å². The van der Waals surface area contributed by atoms with Crippen LogP contribution in [0.5, 0.6) is 0 Å². The Hall–Kier alpha value is -2.44. The van der Waals surface area contributed by atoms with Crippen LogP contribution in [0.15, 0.2) is 68.3 Å². The lowest BCUT2D eigenvalue weighted by Gasteiger charge is -2.35. The molecule has 0 spiro atoms. The van der Waals surface area contributed by atoms with Gasteiger partial charge in [0.1, 0.15) is 5.58 Å². The van der Waals surface area contributed by atoms with Gasteiger partial charge < -0.3 is 9.73 Å². The third kappa shape index (κ3) is 4.60. The van der Waals surface area contributed by atoms with E-state index in [1.165, 1.54) is 30.9 Å². The van der Waals surface area contributed by atoms with Crippen molar-refractivity contribution >= 4 is 32.8 Å². The van der Waals surface area contributed by atoms with Gasteiger partial charge in [-0.3, -0.25) is 14.5 Å². The molecule has 1 aliphatic heterocycles. The van der Waals surface area contributed by atoms with Crippen LogP contribution >= 0.6 is 15.9 Å². The summed E-state index contributed by atoms with van der Waals surface area (Å²) in [5.41, 5.74) is 1.35. The van der Waals surface area contributed by atoms with E-state index in [2.05, 4.69) is 38.3 Å². The number of rotatable bonds is 5. The first-order chi connectivity index (χ1) is 14.1. The van der Waals surface area contributed by atoms with E-state index in [9.17, 15) is 9.59 Å². The molecule has 1 N–H and O–H groups in total. The number of carbonyl (C=O) groups excluding carboxylic acids is 1. The standard InChI is InChI=1S/C23H23BrN2O3/c24-17-9-10-18-20(27)14-22(29-21(18)13-17)23(28)25-15-19(16-7-3-1-4-8-16)26-11-5-2-6-12-26/h1,3-4,7-10,13-14,19H,2,5-6,11-12,15H2,(H,25,28)/t19-/m1/s1. The third-order valence-corrected chi connectivity index (χ3v) is 5.88. The monoisotopic (exact) mass is 454 g/mol. The number of fused-ring (bicyclic) bond motifs is 1. The number of hydrogen-bond acceptors (Lipinski definition) is 4. The van der Waals surface area contributed by atoms with Crippen LogP contribution in [0.25, 0.3) is 11.0 Å². The number of benzene rings is 2. The summed E-state index contributed by atoms with van der Waals surface area (Å²) in [6.45, 7) is 2.51. The maximum atomic E-state index is 12.8. The largest absolute Gasteiger partial charge is 0.451 e. The van der Waals surface area contributed by atoms with Crippen LogP contribution in [0, 0.1) is 0 Å². The highest BCUT2D eigenvalue weighted by Crippen LogP contribution is 2.24. The van der Waals surface area contributed by atoms with E-state index in [0.717, 1.165) is 17.6 Å². The van der Waals surface area contributed by atoms with E-state index < -0.39 is 0 Å². The topological polar surface area (TPSA) is 62.6 Å². The molecule has 2 aromatic carbocycles. The van der Waals surface area contributed by atoms with Crippen molar-refractivity contribution in [3.05, 3.63) is 80.6 Å². The van der Waals surface area contributed by atoms with E-state index in [-0.39, 0.29) is 23.1 Å². The van der Waals surface area contributed by atoms with Crippen molar-refractivity contribution in [1.82, 2.24) is 10.2 Å². The van der Waals surface area contributed by atoms with Crippen LogP contribution in [0.2, 0.25) is 0 Å². The molecule has 4 rings (SSSR count). The van der Waals surface area contributed by atoms with Gasteiger partial charge >= 0.3 is 0 Å². The Kier molecular flexibility index (Phi) is 6.11. The van der Waals surface area contributed by atoms with Crippen molar-refractivity contribution in [1.29, 1.82) is 0 Å². The van der Waals surface area contributed by atoms with Crippen LogP contribution in [-0.2, 0) is 0 Å². The minimum atomic E-state index is -0.373. The normalized spacial score (nSPS) is 15.9. The van der Waals surface area contributed by atoms with Gasteiger partial charge in [-0.2, -0.15) is 0 Å². The maximum Gasteiger partial charge on any atom is 0.287 e. The number of piperidine rings is 1. The number of amides is 1. The van der Waals surface area contributed by atoms with Crippen molar-refractivity contribution in [2.24, 2.45) is 0 Å². The van der Waals surface area contributed by atoms with Gasteiger partial charge in [0.05, 0.1) is 11.4 Å². The quantitative estimate of drug-likeness (QED) is 0.615. The summed E-state index contributed by atoms with van der Waals surface area (Å²) in [7, 11) is 0. The molecule has 0 saturated carbocycles. The fraction of sp³-hybridized carbons (Fsp3) is 0.304. The van der Waals surface area contributed by atoms with Crippen LogP contribution in [0.1, 0.15) is 41.4 Å². The van der Waals surface area contributed by atoms with Crippen LogP contribution < -0.4 is 10.7 Å². The smallest absolute Gasteiger partial charge is 0.287 e. The molecule has 1 amide bonds. The number of carbonyl (C=O) groups is 1. The first-order valence-corrected chi connectivity index (χ1v) is 10.7. The molecule has 0 aliphatic carbocycles. The highest BCUT2D eigenvalue weighted by Gasteiger charge is 2.23. The van der Waals surface area contributed by atoms with Crippen molar-refractivity contribution in [2.45, 2.75) is 25.3 Å². The molecule has 1 aliphatic rings. The zero-order chi connectivity index (χ0) is 20.2. The molecule has 1 fully saturated rings. The molecule has 1 aromatic heterocycles. The van der Waals surface area contributed by atoms with Gasteiger partial charge in [0, 0.05) is 17.1 Å². The fourth-order valence-corrected chi connectivity index (χ4v) is 4.22. The average Bonchev–Trinajstić information content (AvgIpc) is 2.75. The number of nitrogens with one attached hydrogen (secondary N) is 1. The van der Waals surface area contributed by atoms with E-state index in [1.54, 1.807) is 18.2 Å². The minimum Gasteiger partial charge on any atom is -0.451 e. The van der Waals surface area contributed by atoms with Gasteiger partial charge in [0.25, 0.3) is 5.91 Å². The molecule has 0 radical (unpaired) electrons. The number of halogens is 1. The van der Waals surface area contributed by atoms with Crippen LogP contribution in [-0.4, -0.2) is 30.4 Å². The summed E-state index contributed by atoms with van der Waals surface area (Å²) < 4.78 is 6.50. The second-order valence-electron chi connectivity index (χ2n) is 7.35. The van der Waals surface area contributed by atoms with Gasteiger partial charge in [-0.15, -0.1) is 0 Å². The Labute approximate surface area is 177 Å². The zero-order valence-corrected chi connectivity index (χ0v) is 17.7. The number of nitrogens with zero attached hydrogens (tertiary/aromatic N) is 1. The van der Waals surface area contributed by atoms with Crippen LogP contribution in [0.3, 0.4) is 0 Å². The lowest BCUT2D eigenvalue weighted by molar-refractivity contribution is 0.0897. The van der Waals surface area contributed by atoms with E-state index in [4.69, 9.17) is 4.42 Å². The van der Waals surface area contributed by atoms with Gasteiger partial charge in [0.15, 0.2) is 11.2 Å². The predicted octanol–water partition coefficient (Wildman–Crippen LogP) is 4.51. The third-order valence-electron chi connectivity index (χ3n) is 5.39. The Morgan fingerprint density at radius 3 is 2.59 bits per heavy atom. The predicted molar refractivity (Wildman–Crippen MR) is 117 cm³/mol. The van der Waals surface area contributed by atoms with E-state index in [0.29, 0.717) is 17.5 Å². The summed E-state index contributed by atoms with van der Waals surface area (Å²) in [5.74, 6) is -0.340. The molecule has 150 valence electrons. The Morgan fingerprint density at radius 1 is 1.07 bits per heavy atom. The van der Waals surface area contributed by atoms with Gasteiger partial charge in [-0.05, 0) is 49.7 Å². The van der Waals surface area contributed by atoms with Crippen molar-refractivity contribution in [3.63, 3.8) is 0 Å². The molecule has 29 heavy (non-hydrogen) atoms. The summed E-state index contributed by atoms with van der Waals surface area (Å²) in [4.78, 5) is 27.6. The van der Waals surface area contributed by atoms with Gasteiger partial charge in [0.2, 0.25) is 0 Å². The molecular weight excluding hydrogens is 432 g/mol. The molecule has 1 atom stereocenters. The molecule has 0 bridgehead atoms. The Morgan fingerprint density at radius 2 is 1.83 bits per heavy atom. The highest BCUT2D eigenvalue weighted by atomic mass is 79.9. The summed E-state index contributed by atoms with van der Waals surface area (Å²) in [6, 6.07) is 16.8. The Balaban J connectivity index is 1.55. The average molecular weight is 455 g/mol. The molecule has 1 saturated heterocycles. The molecule has 0 unspecified atom stereocenters. The molecule has 5 nitrogen and oxygen atoms in total. The molecular formula is C23H23BrN2O3. The van der Waals surface area contributed by atoms with E-state index >= 15 is 0 Å².